The molecular formula is C13H13FO3. The van der Waals surface area contributed by atoms with Gasteiger partial charge < -0.3 is 9.84 Å². The zero-order chi connectivity index (χ0) is 12.0. The highest BCUT2D eigenvalue weighted by Crippen LogP contribution is 2.50. The second-order valence-electron chi connectivity index (χ2n) is 4.75. The van der Waals surface area contributed by atoms with Crippen LogP contribution in [0.15, 0.2) is 12.1 Å². The van der Waals surface area contributed by atoms with Gasteiger partial charge in [-0.3, -0.25) is 4.79 Å². The average molecular weight is 236 g/mol. The van der Waals surface area contributed by atoms with Crippen molar-refractivity contribution in [1.82, 2.24) is 0 Å². The van der Waals surface area contributed by atoms with Crippen LogP contribution in [0.1, 0.15) is 30.4 Å². The summed E-state index contributed by atoms with van der Waals surface area (Å²) in [7, 11) is 0. The van der Waals surface area contributed by atoms with Crippen molar-refractivity contribution in [3.63, 3.8) is 0 Å². The van der Waals surface area contributed by atoms with Gasteiger partial charge >= 0.3 is 5.97 Å². The summed E-state index contributed by atoms with van der Waals surface area (Å²) in [5, 5.41) is 9.37. The van der Waals surface area contributed by atoms with Crippen molar-refractivity contribution in [2.45, 2.75) is 31.1 Å². The molecule has 0 amide bonds. The van der Waals surface area contributed by atoms with Crippen LogP contribution in [-0.4, -0.2) is 17.7 Å². The van der Waals surface area contributed by atoms with Gasteiger partial charge in [-0.2, -0.15) is 0 Å². The van der Waals surface area contributed by atoms with E-state index in [4.69, 9.17) is 4.74 Å². The first-order valence-corrected chi connectivity index (χ1v) is 5.83. The minimum Gasteiger partial charge on any atom is -0.493 e. The number of carboxylic acids is 1. The zero-order valence-electron chi connectivity index (χ0n) is 9.33. The monoisotopic (exact) mass is 236 g/mol. The maximum Gasteiger partial charge on any atom is 0.314 e. The number of benzene rings is 1. The zero-order valence-corrected chi connectivity index (χ0v) is 9.33. The molecule has 90 valence electrons. The summed E-state index contributed by atoms with van der Waals surface area (Å²) in [5.74, 6) is -0.911. The Morgan fingerprint density at radius 3 is 2.76 bits per heavy atom. The van der Waals surface area contributed by atoms with E-state index >= 15 is 0 Å². The molecule has 4 heteroatoms. The lowest BCUT2D eigenvalue weighted by atomic mass is 9.64. The second-order valence-corrected chi connectivity index (χ2v) is 4.75. The van der Waals surface area contributed by atoms with Gasteiger partial charge in [0.2, 0.25) is 0 Å². The summed E-state index contributed by atoms with van der Waals surface area (Å²) in [4.78, 5) is 11.4. The fourth-order valence-corrected chi connectivity index (χ4v) is 2.77. The van der Waals surface area contributed by atoms with Crippen LogP contribution in [0.25, 0.3) is 0 Å². The molecular weight excluding hydrogens is 223 g/mol. The van der Waals surface area contributed by atoms with E-state index in [0.717, 1.165) is 18.4 Å². The van der Waals surface area contributed by atoms with Crippen molar-refractivity contribution in [2.75, 3.05) is 6.61 Å². The third-order valence-electron chi connectivity index (χ3n) is 3.90. The minimum absolute atomic E-state index is 0.270. The molecule has 0 unspecified atom stereocenters. The van der Waals surface area contributed by atoms with E-state index in [1.54, 1.807) is 6.07 Å². The average Bonchev–Trinajstić information content (AvgIpc) is 2.67. The van der Waals surface area contributed by atoms with Crippen molar-refractivity contribution in [3.8, 4) is 5.75 Å². The molecule has 0 radical (unpaired) electrons. The molecule has 1 aromatic rings. The summed E-state index contributed by atoms with van der Waals surface area (Å²) in [6, 6.07) is 3.06. The molecule has 1 saturated carbocycles. The van der Waals surface area contributed by atoms with E-state index in [0.29, 0.717) is 25.2 Å². The maximum absolute atomic E-state index is 14.0. The van der Waals surface area contributed by atoms with Gasteiger partial charge in [-0.1, -0.05) is 12.5 Å². The minimum atomic E-state index is -1.06. The van der Waals surface area contributed by atoms with Crippen molar-refractivity contribution in [3.05, 3.63) is 29.1 Å². The lowest BCUT2D eigenvalue weighted by molar-refractivity contribution is -0.147. The van der Waals surface area contributed by atoms with Gasteiger partial charge in [0.25, 0.3) is 0 Å². The van der Waals surface area contributed by atoms with Gasteiger partial charge in [0.1, 0.15) is 11.6 Å². The Morgan fingerprint density at radius 1 is 1.41 bits per heavy atom. The summed E-state index contributed by atoms with van der Waals surface area (Å²) in [6.07, 6.45) is 2.56. The quantitative estimate of drug-likeness (QED) is 0.856. The molecule has 0 atom stereocenters. The van der Waals surface area contributed by atoms with Gasteiger partial charge in [0, 0.05) is 12.0 Å². The Bertz CT molecular complexity index is 492. The van der Waals surface area contributed by atoms with Gasteiger partial charge in [-0.05, 0) is 24.5 Å². The van der Waals surface area contributed by atoms with E-state index < -0.39 is 17.2 Å². The normalized spacial score (nSPS) is 20.3. The van der Waals surface area contributed by atoms with E-state index in [9.17, 15) is 14.3 Å². The van der Waals surface area contributed by atoms with Gasteiger partial charge in [0.15, 0.2) is 0 Å². The fraction of sp³-hybridized carbons (Fsp3) is 0.462. The number of ether oxygens (including phenoxy) is 1. The number of aliphatic carboxylic acids is 1. The van der Waals surface area contributed by atoms with Crippen LogP contribution in [0, 0.1) is 5.82 Å². The Labute approximate surface area is 98.2 Å². The topological polar surface area (TPSA) is 46.5 Å². The predicted octanol–water partition coefficient (Wildman–Crippen LogP) is 2.27. The van der Waals surface area contributed by atoms with Crippen LogP contribution in [0.2, 0.25) is 0 Å². The molecule has 1 fully saturated rings. The lowest BCUT2D eigenvalue weighted by Crippen LogP contribution is -2.43. The summed E-state index contributed by atoms with van der Waals surface area (Å²) >= 11 is 0. The Hall–Kier alpha value is -1.58. The summed E-state index contributed by atoms with van der Waals surface area (Å²) < 4.78 is 19.4. The molecule has 1 aliphatic heterocycles. The molecule has 0 spiro atoms. The predicted molar refractivity (Wildman–Crippen MR) is 58.8 cm³/mol. The Morgan fingerprint density at radius 2 is 2.18 bits per heavy atom. The van der Waals surface area contributed by atoms with Crippen LogP contribution in [0.4, 0.5) is 4.39 Å². The molecule has 0 aromatic heterocycles. The van der Waals surface area contributed by atoms with Crippen LogP contribution in [0.3, 0.4) is 0 Å². The number of halogens is 1. The number of hydrogen-bond acceptors (Lipinski definition) is 2. The Balaban J connectivity index is 2.20. The van der Waals surface area contributed by atoms with E-state index in [1.165, 1.54) is 6.07 Å². The molecule has 1 heterocycles. The molecule has 1 N–H and O–H groups in total. The molecule has 2 aliphatic rings. The fourth-order valence-electron chi connectivity index (χ4n) is 2.77. The van der Waals surface area contributed by atoms with Crippen LogP contribution < -0.4 is 4.74 Å². The van der Waals surface area contributed by atoms with Crippen LogP contribution in [-0.2, 0) is 16.6 Å². The largest absolute Gasteiger partial charge is 0.493 e. The maximum atomic E-state index is 14.0. The molecule has 3 nitrogen and oxygen atoms in total. The van der Waals surface area contributed by atoms with Crippen LogP contribution in [0.5, 0.6) is 5.75 Å². The highest BCUT2D eigenvalue weighted by Gasteiger charge is 2.50. The number of carboxylic acid groups (broad SMARTS) is 1. The van der Waals surface area contributed by atoms with E-state index in [1.807, 2.05) is 0 Å². The SMILES string of the molecule is O=C(O)C1(c2c(F)ccc3c2OCC3)CCC1. The second kappa shape index (κ2) is 3.45. The number of carbonyl (C=O) groups is 1. The van der Waals surface area contributed by atoms with E-state index in [2.05, 4.69) is 0 Å². The first kappa shape index (κ1) is 10.6. The van der Waals surface area contributed by atoms with Crippen molar-refractivity contribution >= 4 is 5.97 Å². The number of fused-ring (bicyclic) bond motifs is 1. The van der Waals surface area contributed by atoms with Gasteiger partial charge in [-0.25, -0.2) is 4.39 Å². The molecule has 0 bridgehead atoms. The van der Waals surface area contributed by atoms with E-state index in [-0.39, 0.29) is 5.56 Å². The Kier molecular flexibility index (Phi) is 2.15. The van der Waals surface area contributed by atoms with Crippen LogP contribution >= 0.6 is 0 Å². The molecule has 0 saturated heterocycles. The molecule has 17 heavy (non-hydrogen) atoms. The number of rotatable bonds is 2. The van der Waals surface area contributed by atoms with Gasteiger partial charge in [0.05, 0.1) is 12.0 Å². The lowest BCUT2D eigenvalue weighted by Gasteiger charge is -2.38. The first-order chi connectivity index (χ1) is 8.15. The summed E-state index contributed by atoms with van der Waals surface area (Å²) in [6.45, 7) is 0.515. The molecule has 1 aromatic carbocycles. The standard InChI is InChI=1S/C13H13FO3/c14-9-3-2-8-4-7-17-11(8)10(9)13(12(15)16)5-1-6-13/h2-3H,1,4-7H2,(H,15,16). The van der Waals surface area contributed by atoms with Crippen molar-refractivity contribution in [1.29, 1.82) is 0 Å². The third-order valence-corrected chi connectivity index (χ3v) is 3.90. The molecule has 3 rings (SSSR count). The third kappa shape index (κ3) is 1.30. The highest BCUT2D eigenvalue weighted by molar-refractivity contribution is 5.84. The van der Waals surface area contributed by atoms with Gasteiger partial charge in [-0.15, -0.1) is 0 Å². The summed E-state index contributed by atoms with van der Waals surface area (Å²) in [5.41, 5.74) is 0.139. The van der Waals surface area contributed by atoms with Crippen molar-refractivity contribution < 1.29 is 19.0 Å². The highest BCUT2D eigenvalue weighted by atomic mass is 19.1. The smallest absolute Gasteiger partial charge is 0.314 e. The van der Waals surface area contributed by atoms with Crippen molar-refractivity contribution in [2.24, 2.45) is 0 Å². The first-order valence-electron chi connectivity index (χ1n) is 5.83. The number of hydrogen-bond donors (Lipinski definition) is 1. The molecule has 1 aliphatic carbocycles.